The second-order valence-electron chi connectivity index (χ2n) is 5.51. The standard InChI is InChI=1S/C14H29N3O4/c1-9(15)13(20)17-11(3)14(21)16-10(2)12(19)7-5-4-6-8-18/h8-13,17,19-20H,4-7,15H2,1-3H3,(H,16,21). The summed E-state index contributed by atoms with van der Waals surface area (Å²) >= 11 is 0. The van der Waals surface area contributed by atoms with Gasteiger partial charge in [0, 0.05) is 12.5 Å². The maximum atomic E-state index is 11.9. The average Bonchev–Trinajstić information content (AvgIpc) is 2.42. The molecule has 6 N–H and O–H groups in total. The molecule has 1 amide bonds. The van der Waals surface area contributed by atoms with Crippen molar-refractivity contribution in [3.05, 3.63) is 0 Å². The second-order valence-corrected chi connectivity index (χ2v) is 5.51. The number of aldehydes is 1. The third kappa shape index (κ3) is 8.77. The Labute approximate surface area is 126 Å². The van der Waals surface area contributed by atoms with Crippen molar-refractivity contribution in [3.8, 4) is 0 Å². The van der Waals surface area contributed by atoms with Gasteiger partial charge in [-0.05, 0) is 33.6 Å². The minimum atomic E-state index is -0.964. The first-order chi connectivity index (χ1) is 9.79. The number of nitrogens with two attached hydrogens (primary N) is 1. The number of rotatable bonds is 11. The van der Waals surface area contributed by atoms with Crippen molar-refractivity contribution in [2.24, 2.45) is 5.73 Å². The van der Waals surface area contributed by atoms with E-state index in [0.717, 1.165) is 19.1 Å². The summed E-state index contributed by atoms with van der Waals surface area (Å²) in [5, 5.41) is 24.9. The van der Waals surface area contributed by atoms with Crippen LogP contribution in [0.15, 0.2) is 0 Å². The third-order valence-electron chi connectivity index (χ3n) is 3.33. The maximum Gasteiger partial charge on any atom is 0.237 e. The third-order valence-corrected chi connectivity index (χ3v) is 3.33. The molecule has 124 valence electrons. The molecule has 0 aliphatic rings. The van der Waals surface area contributed by atoms with Crippen LogP contribution in [0.2, 0.25) is 0 Å². The van der Waals surface area contributed by atoms with Crippen molar-refractivity contribution in [3.63, 3.8) is 0 Å². The first-order valence-electron chi connectivity index (χ1n) is 7.41. The number of aliphatic hydroxyl groups excluding tert-OH is 2. The van der Waals surface area contributed by atoms with Crippen LogP contribution in [0.25, 0.3) is 0 Å². The molecule has 5 unspecified atom stereocenters. The van der Waals surface area contributed by atoms with Gasteiger partial charge in [-0.15, -0.1) is 0 Å². The summed E-state index contributed by atoms with van der Waals surface area (Å²) in [5.41, 5.74) is 5.50. The van der Waals surface area contributed by atoms with Crippen molar-refractivity contribution in [1.82, 2.24) is 10.6 Å². The number of aliphatic hydroxyl groups is 2. The Hall–Kier alpha value is -1.02. The van der Waals surface area contributed by atoms with Crippen LogP contribution in [0.5, 0.6) is 0 Å². The van der Waals surface area contributed by atoms with Gasteiger partial charge in [0.2, 0.25) is 5.91 Å². The quantitative estimate of drug-likeness (QED) is 0.194. The lowest BCUT2D eigenvalue weighted by atomic mass is 10.0. The van der Waals surface area contributed by atoms with E-state index in [1.165, 1.54) is 0 Å². The molecule has 21 heavy (non-hydrogen) atoms. The monoisotopic (exact) mass is 303 g/mol. The predicted molar refractivity (Wildman–Crippen MR) is 80.4 cm³/mol. The van der Waals surface area contributed by atoms with Crippen molar-refractivity contribution in [2.75, 3.05) is 0 Å². The molecule has 0 aromatic rings. The van der Waals surface area contributed by atoms with Gasteiger partial charge in [-0.3, -0.25) is 10.1 Å². The lowest BCUT2D eigenvalue weighted by Crippen LogP contribution is -2.54. The van der Waals surface area contributed by atoms with Gasteiger partial charge in [-0.25, -0.2) is 0 Å². The molecule has 0 fully saturated rings. The molecule has 0 aliphatic carbocycles. The van der Waals surface area contributed by atoms with Crippen molar-refractivity contribution in [1.29, 1.82) is 0 Å². The Bertz CT molecular complexity index is 313. The van der Waals surface area contributed by atoms with Gasteiger partial charge in [-0.1, -0.05) is 6.42 Å². The van der Waals surface area contributed by atoms with Crippen LogP contribution < -0.4 is 16.4 Å². The van der Waals surface area contributed by atoms with E-state index < -0.39 is 30.5 Å². The molecule has 0 bridgehead atoms. The molecule has 5 atom stereocenters. The number of nitrogens with one attached hydrogen (secondary N) is 2. The summed E-state index contributed by atoms with van der Waals surface area (Å²) in [7, 11) is 0. The first kappa shape index (κ1) is 20.0. The molecule has 0 heterocycles. The largest absolute Gasteiger partial charge is 0.391 e. The highest BCUT2D eigenvalue weighted by Gasteiger charge is 2.22. The fraction of sp³-hybridized carbons (Fsp3) is 0.857. The van der Waals surface area contributed by atoms with Gasteiger partial charge in [0.05, 0.1) is 18.2 Å². The van der Waals surface area contributed by atoms with E-state index in [4.69, 9.17) is 5.73 Å². The molecule has 0 radical (unpaired) electrons. The van der Waals surface area contributed by atoms with Crippen LogP contribution in [0.4, 0.5) is 0 Å². The highest BCUT2D eigenvalue weighted by molar-refractivity contribution is 5.81. The lowest BCUT2D eigenvalue weighted by Gasteiger charge is -2.25. The summed E-state index contributed by atoms with van der Waals surface area (Å²) in [6, 6.07) is -1.50. The van der Waals surface area contributed by atoms with Crippen LogP contribution in [0.3, 0.4) is 0 Å². The van der Waals surface area contributed by atoms with Crippen LogP contribution in [0.1, 0.15) is 46.5 Å². The number of hydrogen-bond donors (Lipinski definition) is 5. The molecule has 7 heteroatoms. The van der Waals surface area contributed by atoms with Crippen LogP contribution in [0, 0.1) is 0 Å². The predicted octanol–water partition coefficient (Wildman–Crippen LogP) is -0.745. The SMILES string of the molecule is CC(NC(O)C(C)N)C(=O)NC(C)C(O)CCCCC=O. The number of unbranched alkanes of at least 4 members (excludes halogenated alkanes) is 2. The average molecular weight is 303 g/mol. The van der Waals surface area contributed by atoms with Gasteiger partial charge in [0.15, 0.2) is 0 Å². The van der Waals surface area contributed by atoms with Gasteiger partial charge >= 0.3 is 0 Å². The topological polar surface area (TPSA) is 125 Å². The Balaban J connectivity index is 4.08. The van der Waals surface area contributed by atoms with E-state index >= 15 is 0 Å². The smallest absolute Gasteiger partial charge is 0.237 e. The zero-order chi connectivity index (χ0) is 16.4. The molecule has 0 aromatic heterocycles. The van der Waals surface area contributed by atoms with E-state index in [-0.39, 0.29) is 5.91 Å². The van der Waals surface area contributed by atoms with Gasteiger partial charge in [-0.2, -0.15) is 0 Å². The van der Waals surface area contributed by atoms with Crippen LogP contribution in [-0.4, -0.2) is 52.9 Å². The van der Waals surface area contributed by atoms with E-state index in [1.54, 1.807) is 20.8 Å². The highest BCUT2D eigenvalue weighted by Crippen LogP contribution is 2.06. The van der Waals surface area contributed by atoms with Crippen molar-refractivity contribution >= 4 is 12.2 Å². The van der Waals surface area contributed by atoms with Gasteiger partial charge in [0.1, 0.15) is 12.5 Å². The molecule has 0 aliphatic heterocycles. The van der Waals surface area contributed by atoms with Crippen molar-refractivity contribution < 1.29 is 19.8 Å². The van der Waals surface area contributed by atoms with E-state index in [0.29, 0.717) is 12.8 Å². The van der Waals surface area contributed by atoms with Crippen molar-refractivity contribution in [2.45, 2.75) is 76.9 Å². The Morgan fingerprint density at radius 1 is 1.24 bits per heavy atom. The first-order valence-corrected chi connectivity index (χ1v) is 7.41. The summed E-state index contributed by atoms with van der Waals surface area (Å²) in [6.45, 7) is 4.97. The van der Waals surface area contributed by atoms with Crippen LogP contribution >= 0.6 is 0 Å². The van der Waals surface area contributed by atoms with Gasteiger partial charge < -0.3 is 26.1 Å². The number of amides is 1. The number of carbonyl (C=O) groups is 2. The molecule has 0 saturated heterocycles. The fourth-order valence-corrected chi connectivity index (χ4v) is 1.76. The summed E-state index contributed by atoms with van der Waals surface area (Å²) < 4.78 is 0. The maximum absolute atomic E-state index is 11.9. The number of carbonyl (C=O) groups excluding carboxylic acids is 2. The molecular weight excluding hydrogens is 274 g/mol. The van der Waals surface area contributed by atoms with E-state index in [1.807, 2.05) is 0 Å². The minimum absolute atomic E-state index is 0.311. The Morgan fingerprint density at radius 3 is 2.38 bits per heavy atom. The van der Waals surface area contributed by atoms with E-state index in [9.17, 15) is 19.8 Å². The number of hydrogen-bond acceptors (Lipinski definition) is 6. The normalized spacial score (nSPS) is 18.4. The Morgan fingerprint density at radius 2 is 1.86 bits per heavy atom. The molecule has 0 aromatic carbocycles. The summed E-state index contributed by atoms with van der Waals surface area (Å²) in [4.78, 5) is 22.1. The second kappa shape index (κ2) is 10.7. The summed E-state index contributed by atoms with van der Waals surface area (Å²) in [6.07, 6.45) is 1.72. The highest BCUT2D eigenvalue weighted by atomic mass is 16.3. The molecule has 0 saturated carbocycles. The molecule has 0 rings (SSSR count). The molecular formula is C14H29N3O4. The zero-order valence-electron chi connectivity index (χ0n) is 13.1. The fourth-order valence-electron chi connectivity index (χ4n) is 1.76. The zero-order valence-corrected chi connectivity index (χ0v) is 13.1. The van der Waals surface area contributed by atoms with E-state index in [2.05, 4.69) is 10.6 Å². The van der Waals surface area contributed by atoms with Gasteiger partial charge in [0.25, 0.3) is 0 Å². The lowest BCUT2D eigenvalue weighted by molar-refractivity contribution is -0.125. The molecule has 7 nitrogen and oxygen atoms in total. The minimum Gasteiger partial charge on any atom is -0.391 e. The van der Waals surface area contributed by atoms with Crippen LogP contribution in [-0.2, 0) is 9.59 Å². The Kier molecular flexibility index (Phi) is 10.2. The summed E-state index contributed by atoms with van der Waals surface area (Å²) in [5.74, 6) is -0.311. The molecule has 0 spiro atoms.